The fraction of sp³-hybridized carbons (Fsp3) is 0.333. The second-order valence-corrected chi connectivity index (χ2v) is 7.30. The number of phenols is 1. The molecule has 26 heavy (non-hydrogen) atoms. The number of phenolic OH excluding ortho intramolecular Hbond substituents is 1. The van der Waals surface area contributed by atoms with E-state index >= 15 is 0 Å². The zero-order valence-electron chi connectivity index (χ0n) is 16.0. The summed E-state index contributed by atoms with van der Waals surface area (Å²) in [7, 11) is 0. The normalized spacial score (nSPS) is 12.0. The van der Waals surface area contributed by atoms with Crippen LogP contribution in [0.4, 0.5) is 0 Å². The first kappa shape index (κ1) is 19.5. The van der Waals surface area contributed by atoms with Crippen molar-refractivity contribution in [3.63, 3.8) is 0 Å². The van der Waals surface area contributed by atoms with E-state index in [1.54, 1.807) is 31.2 Å². The van der Waals surface area contributed by atoms with Gasteiger partial charge in [0.2, 0.25) is 0 Å². The quantitative estimate of drug-likeness (QED) is 0.631. The van der Waals surface area contributed by atoms with Crippen molar-refractivity contribution in [1.82, 2.24) is 5.43 Å². The molecule has 2 aromatic rings. The van der Waals surface area contributed by atoms with E-state index in [1.807, 2.05) is 19.1 Å². The zero-order chi connectivity index (χ0) is 19.3. The molecule has 5 heteroatoms. The Morgan fingerprint density at radius 1 is 1.15 bits per heavy atom. The molecule has 0 saturated carbocycles. The van der Waals surface area contributed by atoms with Crippen molar-refractivity contribution in [3.05, 3.63) is 59.2 Å². The van der Waals surface area contributed by atoms with Gasteiger partial charge in [-0.05, 0) is 66.3 Å². The number of hydrogen-bond donors (Lipinski definition) is 2. The highest BCUT2D eigenvalue weighted by molar-refractivity contribution is 5.99. The van der Waals surface area contributed by atoms with Crippen LogP contribution in [0.25, 0.3) is 0 Å². The van der Waals surface area contributed by atoms with E-state index in [2.05, 4.69) is 37.4 Å². The third-order valence-electron chi connectivity index (χ3n) is 4.03. The lowest BCUT2D eigenvalue weighted by Gasteiger charge is -2.20. The number of benzene rings is 2. The van der Waals surface area contributed by atoms with Crippen LogP contribution in [-0.2, 0) is 10.2 Å². The minimum atomic E-state index is -0.331. The van der Waals surface area contributed by atoms with Crippen LogP contribution >= 0.6 is 0 Å². The largest absolute Gasteiger partial charge is 0.508 e. The Morgan fingerprint density at radius 2 is 1.81 bits per heavy atom. The summed E-state index contributed by atoms with van der Waals surface area (Å²) in [5.41, 5.74) is 6.23. The van der Waals surface area contributed by atoms with Crippen molar-refractivity contribution < 1.29 is 14.6 Å². The maximum atomic E-state index is 12.0. The van der Waals surface area contributed by atoms with Crippen LogP contribution in [0.1, 0.15) is 44.4 Å². The summed E-state index contributed by atoms with van der Waals surface area (Å²) < 4.78 is 5.61. The van der Waals surface area contributed by atoms with Crippen LogP contribution in [0, 0.1) is 6.92 Å². The zero-order valence-corrected chi connectivity index (χ0v) is 16.0. The third kappa shape index (κ3) is 5.34. The molecule has 0 aliphatic rings. The van der Waals surface area contributed by atoms with Gasteiger partial charge >= 0.3 is 0 Å². The average Bonchev–Trinajstić information content (AvgIpc) is 2.58. The van der Waals surface area contributed by atoms with Crippen LogP contribution in [0.5, 0.6) is 11.5 Å². The Kier molecular flexibility index (Phi) is 6.03. The Hall–Kier alpha value is -2.82. The number of aryl methyl sites for hydroxylation is 1. The van der Waals surface area contributed by atoms with E-state index in [4.69, 9.17) is 4.74 Å². The summed E-state index contributed by atoms with van der Waals surface area (Å²) in [6.07, 6.45) is 0. The Balaban J connectivity index is 1.92. The van der Waals surface area contributed by atoms with Gasteiger partial charge < -0.3 is 9.84 Å². The van der Waals surface area contributed by atoms with E-state index in [-0.39, 0.29) is 23.7 Å². The highest BCUT2D eigenvalue weighted by Gasteiger charge is 2.15. The van der Waals surface area contributed by atoms with Gasteiger partial charge in [0.15, 0.2) is 6.61 Å². The highest BCUT2D eigenvalue weighted by Crippen LogP contribution is 2.27. The number of hydrogen-bond acceptors (Lipinski definition) is 4. The van der Waals surface area contributed by atoms with E-state index in [1.165, 1.54) is 5.56 Å². The van der Waals surface area contributed by atoms with Gasteiger partial charge in [0.05, 0.1) is 5.71 Å². The van der Waals surface area contributed by atoms with Gasteiger partial charge in [-0.3, -0.25) is 4.79 Å². The third-order valence-corrected chi connectivity index (χ3v) is 4.03. The van der Waals surface area contributed by atoms with Crippen molar-refractivity contribution in [3.8, 4) is 11.5 Å². The molecule has 2 rings (SSSR count). The number of hydrazone groups is 1. The van der Waals surface area contributed by atoms with Gasteiger partial charge in [-0.25, -0.2) is 5.43 Å². The number of carbonyl (C=O) groups is 1. The van der Waals surface area contributed by atoms with Crippen LogP contribution in [0.15, 0.2) is 47.6 Å². The number of carbonyl (C=O) groups excluding carboxylic acids is 1. The fourth-order valence-electron chi connectivity index (χ4n) is 2.37. The van der Waals surface area contributed by atoms with E-state index in [9.17, 15) is 9.90 Å². The highest BCUT2D eigenvalue weighted by atomic mass is 16.5. The van der Waals surface area contributed by atoms with Gasteiger partial charge in [-0.15, -0.1) is 0 Å². The first-order valence-electron chi connectivity index (χ1n) is 8.53. The number of nitrogens with zero attached hydrogens (tertiary/aromatic N) is 1. The predicted octanol–water partition coefficient (Wildman–Crippen LogP) is 3.92. The van der Waals surface area contributed by atoms with Gasteiger partial charge in [-0.1, -0.05) is 32.9 Å². The lowest BCUT2D eigenvalue weighted by Crippen LogP contribution is -2.25. The van der Waals surface area contributed by atoms with Crippen molar-refractivity contribution >= 4 is 11.6 Å². The molecule has 2 N–H and O–H groups in total. The molecule has 0 atom stereocenters. The van der Waals surface area contributed by atoms with E-state index in [0.29, 0.717) is 11.5 Å². The molecular formula is C21H26N2O3. The van der Waals surface area contributed by atoms with Crippen LogP contribution in [0.2, 0.25) is 0 Å². The molecule has 0 bridgehead atoms. The minimum Gasteiger partial charge on any atom is -0.508 e. The summed E-state index contributed by atoms with van der Waals surface area (Å²) in [5.74, 6) is 0.543. The molecule has 0 aliphatic heterocycles. The number of rotatable bonds is 5. The summed E-state index contributed by atoms with van der Waals surface area (Å²) in [6.45, 7) is 10.1. The second-order valence-electron chi connectivity index (χ2n) is 7.30. The molecule has 0 radical (unpaired) electrons. The monoisotopic (exact) mass is 354 g/mol. The number of ether oxygens (including phenoxy) is 1. The molecule has 0 aliphatic carbocycles. The topological polar surface area (TPSA) is 70.9 Å². The van der Waals surface area contributed by atoms with Crippen molar-refractivity contribution in [1.29, 1.82) is 0 Å². The van der Waals surface area contributed by atoms with Crippen LogP contribution < -0.4 is 10.2 Å². The number of aromatic hydroxyl groups is 1. The lowest BCUT2D eigenvalue weighted by molar-refractivity contribution is -0.123. The first-order valence-corrected chi connectivity index (χ1v) is 8.53. The summed E-state index contributed by atoms with van der Waals surface area (Å²) in [4.78, 5) is 12.0. The summed E-state index contributed by atoms with van der Waals surface area (Å²) in [6, 6.07) is 12.6. The number of nitrogens with one attached hydrogen (secondary N) is 1. The summed E-state index contributed by atoms with van der Waals surface area (Å²) in [5, 5.41) is 13.4. The van der Waals surface area contributed by atoms with Gasteiger partial charge in [0.25, 0.3) is 5.91 Å². The Labute approximate surface area is 154 Å². The van der Waals surface area contributed by atoms with E-state index in [0.717, 1.165) is 11.1 Å². The van der Waals surface area contributed by atoms with Crippen molar-refractivity contribution in [2.24, 2.45) is 5.10 Å². The lowest BCUT2D eigenvalue weighted by atomic mass is 9.86. The molecule has 0 aromatic heterocycles. The fourth-order valence-corrected chi connectivity index (χ4v) is 2.37. The van der Waals surface area contributed by atoms with Crippen LogP contribution in [-0.4, -0.2) is 23.3 Å². The molecule has 138 valence electrons. The molecule has 0 saturated heterocycles. The minimum absolute atomic E-state index is 0.0706. The maximum Gasteiger partial charge on any atom is 0.277 e. The SMILES string of the molecule is CC(=NNC(=O)COc1ccc(C(C)(C)C)cc1C)c1ccc(O)cc1. The molecule has 0 heterocycles. The first-order chi connectivity index (χ1) is 12.2. The summed E-state index contributed by atoms with van der Waals surface area (Å²) >= 11 is 0. The van der Waals surface area contributed by atoms with E-state index < -0.39 is 0 Å². The standard InChI is InChI=1S/C21H26N2O3/c1-14-12-17(21(3,4)5)8-11-19(14)26-13-20(25)23-22-15(2)16-6-9-18(24)10-7-16/h6-12,24H,13H2,1-5H3,(H,23,25). The Morgan fingerprint density at radius 3 is 2.38 bits per heavy atom. The average molecular weight is 354 g/mol. The molecule has 0 fully saturated rings. The molecule has 5 nitrogen and oxygen atoms in total. The van der Waals surface area contributed by atoms with Crippen LogP contribution in [0.3, 0.4) is 0 Å². The number of amides is 1. The Bertz CT molecular complexity index is 803. The second kappa shape index (κ2) is 8.04. The molecule has 0 unspecified atom stereocenters. The van der Waals surface area contributed by atoms with Gasteiger partial charge in [0, 0.05) is 0 Å². The molecule has 2 aromatic carbocycles. The smallest absolute Gasteiger partial charge is 0.277 e. The molecule has 1 amide bonds. The predicted molar refractivity (Wildman–Crippen MR) is 104 cm³/mol. The van der Waals surface area contributed by atoms with Gasteiger partial charge in [-0.2, -0.15) is 5.10 Å². The van der Waals surface area contributed by atoms with Crippen molar-refractivity contribution in [2.75, 3.05) is 6.61 Å². The maximum absolute atomic E-state index is 12.0. The van der Waals surface area contributed by atoms with Crippen molar-refractivity contribution in [2.45, 2.75) is 40.0 Å². The molecular weight excluding hydrogens is 328 g/mol. The molecule has 0 spiro atoms. The van der Waals surface area contributed by atoms with Gasteiger partial charge in [0.1, 0.15) is 11.5 Å².